The van der Waals surface area contributed by atoms with Gasteiger partial charge in [-0.1, -0.05) is 48.9 Å². The predicted octanol–water partition coefficient (Wildman–Crippen LogP) is 4.54. The summed E-state index contributed by atoms with van der Waals surface area (Å²) in [6.45, 7) is 7.03. The average molecular weight is 582 g/mol. The molecule has 3 aromatic rings. The first-order chi connectivity index (χ1) is 19.5. The molecule has 220 valence electrons. The first kappa shape index (κ1) is 31.5. The number of anilines is 1. The molecule has 9 nitrogen and oxygen atoms in total. The lowest BCUT2D eigenvalue weighted by Crippen LogP contribution is -2.52. The molecule has 2 atom stereocenters. The van der Waals surface area contributed by atoms with Crippen LogP contribution in [0.4, 0.5) is 5.69 Å². The summed E-state index contributed by atoms with van der Waals surface area (Å²) in [5, 5.41) is 2.93. The molecule has 0 spiro atoms. The molecule has 0 radical (unpaired) electrons. The third kappa shape index (κ3) is 7.79. The van der Waals surface area contributed by atoms with Gasteiger partial charge in [0.2, 0.25) is 11.8 Å². The molecule has 0 aromatic heterocycles. The van der Waals surface area contributed by atoms with Crippen LogP contribution in [0.25, 0.3) is 0 Å². The van der Waals surface area contributed by atoms with Crippen molar-refractivity contribution in [2.75, 3.05) is 25.1 Å². The van der Waals surface area contributed by atoms with Crippen molar-refractivity contribution < 1.29 is 27.5 Å². The van der Waals surface area contributed by atoms with Gasteiger partial charge in [0, 0.05) is 12.6 Å². The summed E-state index contributed by atoms with van der Waals surface area (Å²) in [4.78, 5) is 28.6. The van der Waals surface area contributed by atoms with E-state index in [9.17, 15) is 18.0 Å². The second kappa shape index (κ2) is 14.0. The van der Waals surface area contributed by atoms with Gasteiger partial charge in [0.15, 0.2) is 0 Å². The Balaban J connectivity index is 2.06. The summed E-state index contributed by atoms with van der Waals surface area (Å²) in [6.07, 6.45) is 0.728. The maximum Gasteiger partial charge on any atom is 0.264 e. The van der Waals surface area contributed by atoms with Crippen molar-refractivity contribution in [1.82, 2.24) is 10.2 Å². The minimum absolute atomic E-state index is 0.0235. The van der Waals surface area contributed by atoms with Crippen LogP contribution in [-0.4, -0.2) is 58.0 Å². The van der Waals surface area contributed by atoms with E-state index in [1.165, 1.54) is 31.3 Å². The van der Waals surface area contributed by atoms with Gasteiger partial charge in [-0.2, -0.15) is 0 Å². The average Bonchev–Trinajstić information content (AvgIpc) is 2.98. The third-order valence-electron chi connectivity index (χ3n) is 6.92. The van der Waals surface area contributed by atoms with Gasteiger partial charge >= 0.3 is 0 Å². The van der Waals surface area contributed by atoms with Crippen LogP contribution in [0, 0.1) is 6.92 Å². The fourth-order valence-electron chi connectivity index (χ4n) is 4.16. The lowest BCUT2D eigenvalue weighted by atomic mass is 10.1. The minimum Gasteiger partial charge on any atom is -0.497 e. The van der Waals surface area contributed by atoms with Gasteiger partial charge in [-0.15, -0.1) is 0 Å². The molecule has 0 saturated carbocycles. The van der Waals surface area contributed by atoms with Crippen LogP contribution < -0.4 is 19.1 Å². The van der Waals surface area contributed by atoms with Crippen molar-refractivity contribution in [3.63, 3.8) is 0 Å². The van der Waals surface area contributed by atoms with Crippen molar-refractivity contribution in [3.8, 4) is 11.5 Å². The fourth-order valence-corrected chi connectivity index (χ4v) is 5.59. The molecule has 41 heavy (non-hydrogen) atoms. The molecule has 2 amide bonds. The molecule has 0 aliphatic heterocycles. The molecule has 0 fully saturated rings. The number of sulfonamides is 1. The van der Waals surface area contributed by atoms with E-state index in [4.69, 9.17) is 9.47 Å². The van der Waals surface area contributed by atoms with E-state index in [1.807, 2.05) is 45.0 Å². The van der Waals surface area contributed by atoms with E-state index in [0.717, 1.165) is 21.9 Å². The zero-order valence-corrected chi connectivity index (χ0v) is 25.3. The Hall–Kier alpha value is -4.05. The molecular formula is C31H39N3O6S. The Morgan fingerprint density at radius 2 is 1.54 bits per heavy atom. The highest BCUT2D eigenvalue weighted by Crippen LogP contribution is 2.33. The normalized spacial score (nSPS) is 12.6. The van der Waals surface area contributed by atoms with Crippen molar-refractivity contribution in [3.05, 3.63) is 83.9 Å². The predicted molar refractivity (Wildman–Crippen MR) is 160 cm³/mol. The van der Waals surface area contributed by atoms with Gasteiger partial charge in [0.05, 0.1) is 24.8 Å². The quantitative estimate of drug-likeness (QED) is 0.318. The second-order valence-corrected chi connectivity index (χ2v) is 11.7. The van der Waals surface area contributed by atoms with Crippen molar-refractivity contribution in [2.45, 2.75) is 57.6 Å². The highest BCUT2D eigenvalue weighted by Gasteiger charge is 2.34. The van der Waals surface area contributed by atoms with Gasteiger partial charge in [-0.3, -0.25) is 13.9 Å². The maximum atomic E-state index is 14.1. The number of rotatable bonds is 13. The number of ether oxygens (including phenoxy) is 2. The van der Waals surface area contributed by atoms with E-state index in [-0.39, 0.29) is 34.8 Å². The molecule has 0 heterocycles. The zero-order valence-electron chi connectivity index (χ0n) is 24.5. The Morgan fingerprint density at radius 3 is 2.12 bits per heavy atom. The third-order valence-corrected chi connectivity index (χ3v) is 8.70. The summed E-state index contributed by atoms with van der Waals surface area (Å²) < 4.78 is 39.7. The van der Waals surface area contributed by atoms with Crippen molar-refractivity contribution in [1.29, 1.82) is 0 Å². The Labute approximate surface area is 243 Å². The first-order valence-corrected chi connectivity index (χ1v) is 14.9. The maximum absolute atomic E-state index is 14.1. The molecule has 0 bridgehead atoms. The van der Waals surface area contributed by atoms with E-state index >= 15 is 0 Å². The monoisotopic (exact) mass is 581 g/mol. The van der Waals surface area contributed by atoms with Crippen LogP contribution in [0.5, 0.6) is 11.5 Å². The number of carbonyl (C=O) groups excluding carboxylic acids is 2. The van der Waals surface area contributed by atoms with Crippen LogP contribution in [-0.2, 0) is 26.2 Å². The molecule has 3 aromatic carbocycles. The van der Waals surface area contributed by atoms with Crippen LogP contribution in [0.1, 0.15) is 38.3 Å². The van der Waals surface area contributed by atoms with Crippen LogP contribution in [0.2, 0.25) is 0 Å². The minimum atomic E-state index is -4.24. The largest absolute Gasteiger partial charge is 0.497 e. The lowest BCUT2D eigenvalue weighted by molar-refractivity contribution is -0.139. The molecule has 10 heteroatoms. The van der Waals surface area contributed by atoms with Gasteiger partial charge < -0.3 is 19.7 Å². The zero-order chi connectivity index (χ0) is 30.2. The van der Waals surface area contributed by atoms with E-state index in [2.05, 4.69) is 5.32 Å². The highest BCUT2D eigenvalue weighted by atomic mass is 32.2. The smallest absolute Gasteiger partial charge is 0.264 e. The van der Waals surface area contributed by atoms with Gasteiger partial charge in [-0.05, 0) is 69.2 Å². The van der Waals surface area contributed by atoms with E-state index in [1.54, 1.807) is 43.3 Å². The number of hydrogen-bond donors (Lipinski definition) is 1. The van der Waals surface area contributed by atoms with Crippen LogP contribution >= 0.6 is 0 Å². The molecular weight excluding hydrogens is 542 g/mol. The number of aryl methyl sites for hydroxylation is 1. The lowest BCUT2D eigenvalue weighted by Gasteiger charge is -2.32. The van der Waals surface area contributed by atoms with Gasteiger partial charge in [0.1, 0.15) is 24.1 Å². The van der Waals surface area contributed by atoms with Gasteiger partial charge in [-0.25, -0.2) is 8.42 Å². The van der Waals surface area contributed by atoms with Gasteiger partial charge in [0.25, 0.3) is 10.0 Å². The highest BCUT2D eigenvalue weighted by molar-refractivity contribution is 7.92. The van der Waals surface area contributed by atoms with E-state index < -0.39 is 28.5 Å². The molecule has 0 unspecified atom stereocenters. The Kier molecular flexibility index (Phi) is 10.8. The number of benzene rings is 3. The van der Waals surface area contributed by atoms with Crippen molar-refractivity contribution >= 4 is 27.5 Å². The summed E-state index contributed by atoms with van der Waals surface area (Å²) >= 11 is 0. The number of methoxy groups -OCH3 is 2. The van der Waals surface area contributed by atoms with Crippen molar-refractivity contribution in [2.24, 2.45) is 0 Å². The number of amides is 2. The Bertz CT molecular complexity index is 1420. The summed E-state index contributed by atoms with van der Waals surface area (Å²) in [5.74, 6) is -0.0821. The fraction of sp³-hybridized carbons (Fsp3) is 0.355. The number of nitrogens with one attached hydrogen (secondary N) is 1. The molecule has 3 rings (SSSR count). The summed E-state index contributed by atoms with van der Waals surface area (Å²) in [6, 6.07) is 19.2. The molecule has 0 aliphatic rings. The molecule has 0 aliphatic carbocycles. The Morgan fingerprint density at radius 1 is 0.902 bits per heavy atom. The SMILES string of the molecule is CC[C@H](C)NC(=O)[C@@H](C)N(Cc1ccc(C)cc1)C(=O)CN(c1ccccc1OC)S(=O)(=O)c1ccc(OC)cc1. The summed E-state index contributed by atoms with van der Waals surface area (Å²) in [5.41, 5.74) is 2.07. The van der Waals surface area contributed by atoms with Crippen LogP contribution in [0.3, 0.4) is 0 Å². The second-order valence-electron chi connectivity index (χ2n) is 9.86. The number of para-hydroxylation sites is 2. The standard InChI is InChI=1S/C31H39N3O6S/c1-7-23(3)32-31(36)24(4)33(20-25-14-12-22(2)13-15-25)30(35)21-34(28-10-8-9-11-29(28)40-6)41(37,38)27-18-16-26(39-5)17-19-27/h8-19,23-24H,7,20-21H2,1-6H3,(H,32,36)/t23-,24+/m0/s1. The first-order valence-electron chi connectivity index (χ1n) is 13.5. The number of nitrogens with zero attached hydrogens (tertiary/aromatic N) is 2. The number of carbonyl (C=O) groups is 2. The topological polar surface area (TPSA) is 105 Å². The molecule has 1 N–H and O–H groups in total. The number of hydrogen-bond acceptors (Lipinski definition) is 6. The van der Waals surface area contributed by atoms with E-state index in [0.29, 0.717) is 5.75 Å². The summed E-state index contributed by atoms with van der Waals surface area (Å²) in [7, 11) is -1.31. The van der Waals surface area contributed by atoms with Crippen LogP contribution in [0.15, 0.2) is 77.7 Å². The molecule has 0 saturated heterocycles.